The van der Waals surface area contributed by atoms with E-state index < -0.39 is 29.3 Å². The van der Waals surface area contributed by atoms with E-state index in [9.17, 15) is 14.7 Å². The van der Waals surface area contributed by atoms with Crippen molar-refractivity contribution in [2.24, 2.45) is 0 Å². The minimum Gasteiger partial charge on any atom is -0.510 e. The lowest BCUT2D eigenvalue weighted by atomic mass is 10.1. The highest BCUT2D eigenvalue weighted by Gasteiger charge is 2.23. The maximum atomic E-state index is 12.1. The van der Waals surface area contributed by atoms with E-state index in [0.29, 0.717) is 6.61 Å². The Hall–Kier alpha value is -2.54. The van der Waals surface area contributed by atoms with Crippen LogP contribution in [0.3, 0.4) is 0 Å². The Bertz CT molecular complexity index is 685. The molecule has 0 unspecified atom stereocenters. The predicted octanol–water partition coefficient (Wildman–Crippen LogP) is 4.27. The zero-order valence-electron chi connectivity index (χ0n) is 18.2. The Balaban J connectivity index is 2.73. The van der Waals surface area contributed by atoms with Crippen molar-refractivity contribution in [3.8, 4) is 0 Å². The first-order chi connectivity index (χ1) is 13.4. The molecule has 29 heavy (non-hydrogen) atoms. The SMILES string of the molecule is CC(C)(C)OC(=O)C=C(O)[C@@H](CCOCc1ccccc1)NC(=O)OC(C)(C)C. The molecule has 0 bridgehead atoms. The number of nitrogens with one attached hydrogen (secondary N) is 1. The fourth-order valence-corrected chi connectivity index (χ4v) is 2.26. The third-order valence-corrected chi connectivity index (χ3v) is 3.38. The highest BCUT2D eigenvalue weighted by Crippen LogP contribution is 2.12. The third kappa shape index (κ3) is 11.8. The van der Waals surface area contributed by atoms with Crippen molar-refractivity contribution in [2.45, 2.75) is 71.8 Å². The molecule has 7 nitrogen and oxygen atoms in total. The van der Waals surface area contributed by atoms with Crippen LogP contribution in [0.1, 0.15) is 53.5 Å². The standard InChI is InChI=1S/C22H33NO6/c1-21(2,3)28-19(25)14-18(24)17(23-20(26)29-22(4,5)6)12-13-27-15-16-10-8-7-9-11-16/h7-11,14,17,24H,12-13,15H2,1-6H3,(H,23,26)/t17-/m1/s1. The van der Waals surface area contributed by atoms with Crippen LogP contribution in [-0.2, 0) is 25.6 Å². The van der Waals surface area contributed by atoms with E-state index in [-0.39, 0.29) is 18.8 Å². The second kappa shape index (κ2) is 10.9. The number of amides is 1. The van der Waals surface area contributed by atoms with Gasteiger partial charge in [0.05, 0.1) is 18.7 Å². The minimum atomic E-state index is -0.854. The number of hydrogen-bond acceptors (Lipinski definition) is 6. The van der Waals surface area contributed by atoms with Crippen LogP contribution >= 0.6 is 0 Å². The van der Waals surface area contributed by atoms with Crippen LogP contribution in [0.15, 0.2) is 42.2 Å². The van der Waals surface area contributed by atoms with Gasteiger partial charge in [0.1, 0.15) is 17.0 Å². The lowest BCUT2D eigenvalue weighted by molar-refractivity contribution is -0.148. The van der Waals surface area contributed by atoms with E-state index in [4.69, 9.17) is 14.2 Å². The Kier molecular flexibility index (Phi) is 9.17. The molecule has 0 heterocycles. The average molecular weight is 408 g/mol. The molecule has 0 radical (unpaired) electrons. The van der Waals surface area contributed by atoms with Crippen molar-refractivity contribution < 1.29 is 28.9 Å². The minimum absolute atomic E-state index is 0.247. The van der Waals surface area contributed by atoms with E-state index >= 15 is 0 Å². The number of hydrogen-bond donors (Lipinski definition) is 2. The van der Waals surface area contributed by atoms with Crippen molar-refractivity contribution in [2.75, 3.05) is 6.61 Å². The molecule has 1 aromatic rings. The van der Waals surface area contributed by atoms with Crippen LogP contribution in [0, 0.1) is 0 Å². The molecule has 0 saturated carbocycles. The van der Waals surface area contributed by atoms with Gasteiger partial charge in [-0.3, -0.25) is 0 Å². The summed E-state index contributed by atoms with van der Waals surface area (Å²) in [7, 11) is 0. The number of benzene rings is 1. The zero-order chi connectivity index (χ0) is 22.1. The number of alkyl carbamates (subject to hydrolysis) is 1. The lowest BCUT2D eigenvalue weighted by Gasteiger charge is -2.24. The molecule has 0 fully saturated rings. The summed E-state index contributed by atoms with van der Waals surface area (Å²) in [4.78, 5) is 24.1. The molecule has 7 heteroatoms. The number of ether oxygens (including phenoxy) is 3. The van der Waals surface area contributed by atoms with Gasteiger partial charge in [-0.25, -0.2) is 9.59 Å². The van der Waals surface area contributed by atoms with Crippen molar-refractivity contribution in [1.29, 1.82) is 0 Å². The zero-order valence-corrected chi connectivity index (χ0v) is 18.2. The second-order valence-corrected chi connectivity index (χ2v) is 8.63. The van der Waals surface area contributed by atoms with E-state index in [0.717, 1.165) is 11.6 Å². The summed E-state index contributed by atoms with van der Waals surface area (Å²) in [6, 6.07) is 8.78. The Labute approximate surface area is 173 Å². The quantitative estimate of drug-likeness (QED) is 0.289. The smallest absolute Gasteiger partial charge is 0.408 e. The predicted molar refractivity (Wildman–Crippen MR) is 110 cm³/mol. The molecule has 2 N–H and O–H groups in total. The maximum Gasteiger partial charge on any atom is 0.408 e. The summed E-state index contributed by atoms with van der Waals surface area (Å²) in [6.07, 6.45) is 0.511. The van der Waals surface area contributed by atoms with Gasteiger partial charge in [0.2, 0.25) is 0 Å². The summed E-state index contributed by atoms with van der Waals surface area (Å²) < 4.78 is 16.0. The Morgan fingerprint density at radius 1 is 1.03 bits per heavy atom. The first-order valence-electron chi connectivity index (χ1n) is 9.60. The Morgan fingerprint density at radius 2 is 1.62 bits per heavy atom. The summed E-state index contributed by atoms with van der Waals surface area (Å²) in [5, 5.41) is 12.9. The molecule has 162 valence electrons. The van der Waals surface area contributed by atoms with Crippen LogP contribution in [-0.4, -0.2) is 41.0 Å². The summed E-state index contributed by atoms with van der Waals surface area (Å²) in [5.41, 5.74) is -0.373. The average Bonchev–Trinajstić information content (AvgIpc) is 2.55. The topological polar surface area (TPSA) is 94.1 Å². The summed E-state index contributed by atoms with van der Waals surface area (Å²) >= 11 is 0. The number of esters is 1. The molecule has 0 aliphatic rings. The van der Waals surface area contributed by atoms with Crippen LogP contribution in [0.2, 0.25) is 0 Å². The second-order valence-electron chi connectivity index (χ2n) is 8.63. The molecular weight excluding hydrogens is 374 g/mol. The molecule has 1 rings (SSSR count). The molecule has 0 aromatic heterocycles. The molecule has 0 aliphatic carbocycles. The molecule has 0 spiro atoms. The van der Waals surface area contributed by atoms with Gasteiger partial charge >= 0.3 is 12.1 Å². The molecule has 1 atom stereocenters. The van der Waals surface area contributed by atoms with Gasteiger partial charge in [-0.15, -0.1) is 0 Å². The molecule has 0 aliphatic heterocycles. The molecule has 1 aromatic carbocycles. The number of aliphatic hydroxyl groups is 1. The highest BCUT2D eigenvalue weighted by molar-refractivity contribution is 5.83. The van der Waals surface area contributed by atoms with Gasteiger partial charge in [0.15, 0.2) is 0 Å². The largest absolute Gasteiger partial charge is 0.510 e. The monoisotopic (exact) mass is 407 g/mol. The number of carbonyl (C=O) groups excluding carboxylic acids is 2. The van der Waals surface area contributed by atoms with Crippen LogP contribution < -0.4 is 5.32 Å². The van der Waals surface area contributed by atoms with Gasteiger partial charge in [-0.2, -0.15) is 0 Å². The van der Waals surface area contributed by atoms with Crippen LogP contribution in [0.25, 0.3) is 0 Å². The van der Waals surface area contributed by atoms with E-state index in [1.165, 1.54) is 0 Å². The van der Waals surface area contributed by atoms with Gasteiger partial charge in [0.25, 0.3) is 0 Å². The van der Waals surface area contributed by atoms with Crippen molar-refractivity contribution in [3.63, 3.8) is 0 Å². The van der Waals surface area contributed by atoms with E-state index in [1.54, 1.807) is 41.5 Å². The first kappa shape index (κ1) is 24.5. The fraction of sp³-hybridized carbons (Fsp3) is 0.545. The normalized spacial score (nSPS) is 13.5. The first-order valence-corrected chi connectivity index (χ1v) is 9.60. The van der Waals surface area contributed by atoms with Gasteiger partial charge in [0, 0.05) is 6.61 Å². The Morgan fingerprint density at radius 3 is 2.17 bits per heavy atom. The van der Waals surface area contributed by atoms with Crippen LogP contribution in [0.5, 0.6) is 0 Å². The molecular formula is C22H33NO6. The molecule has 1 amide bonds. The van der Waals surface area contributed by atoms with Crippen LogP contribution in [0.4, 0.5) is 4.79 Å². The number of carbonyl (C=O) groups is 2. The lowest BCUT2D eigenvalue weighted by Crippen LogP contribution is -2.41. The summed E-state index contributed by atoms with van der Waals surface area (Å²) in [6.45, 7) is 11.0. The maximum absolute atomic E-state index is 12.1. The van der Waals surface area contributed by atoms with E-state index in [2.05, 4.69) is 5.32 Å². The van der Waals surface area contributed by atoms with Crippen molar-refractivity contribution in [3.05, 3.63) is 47.7 Å². The highest BCUT2D eigenvalue weighted by atomic mass is 16.6. The van der Waals surface area contributed by atoms with Gasteiger partial charge in [-0.05, 0) is 53.5 Å². The van der Waals surface area contributed by atoms with Crippen molar-refractivity contribution >= 4 is 12.1 Å². The number of aliphatic hydroxyl groups excluding tert-OH is 1. The summed E-state index contributed by atoms with van der Waals surface area (Å²) in [5.74, 6) is -1.02. The van der Waals surface area contributed by atoms with Gasteiger partial charge < -0.3 is 24.6 Å². The van der Waals surface area contributed by atoms with Gasteiger partial charge in [-0.1, -0.05) is 30.3 Å². The van der Waals surface area contributed by atoms with E-state index in [1.807, 2.05) is 30.3 Å². The number of rotatable bonds is 8. The molecule has 0 saturated heterocycles. The fourth-order valence-electron chi connectivity index (χ4n) is 2.26. The van der Waals surface area contributed by atoms with Crippen molar-refractivity contribution in [1.82, 2.24) is 5.32 Å². The third-order valence-electron chi connectivity index (χ3n) is 3.38.